The second-order valence-electron chi connectivity index (χ2n) is 3.35. The molecule has 15 heavy (non-hydrogen) atoms. The van der Waals surface area contributed by atoms with Crippen molar-refractivity contribution >= 4 is 0 Å². The van der Waals surface area contributed by atoms with E-state index in [2.05, 4.69) is 6.58 Å². The maximum absolute atomic E-state index is 8.82. The minimum Gasteiger partial charge on any atom is -0.366 e. The Morgan fingerprint density at radius 3 is 2.27 bits per heavy atom. The molecule has 0 aromatic heterocycles. The van der Waals surface area contributed by atoms with Gasteiger partial charge in [0, 0.05) is 6.54 Å². The Bertz CT molecular complexity index is 305. The summed E-state index contributed by atoms with van der Waals surface area (Å²) in [5, 5.41) is 26.5. The Hall–Kier alpha value is -1.36. The van der Waals surface area contributed by atoms with E-state index < -0.39 is 5.97 Å². The van der Waals surface area contributed by atoms with Crippen LogP contribution in [0.5, 0.6) is 0 Å². The molecular formula is C11H15NO3. The largest absolute Gasteiger partial charge is 0.366 e. The van der Waals surface area contributed by atoms with Gasteiger partial charge >= 0.3 is 0 Å². The van der Waals surface area contributed by atoms with Gasteiger partial charge in [0.1, 0.15) is 0 Å². The maximum atomic E-state index is 8.82. The minimum absolute atomic E-state index is 0.300. The maximum Gasteiger partial charge on any atom is 0.293 e. The van der Waals surface area contributed by atoms with E-state index in [1.54, 1.807) is 0 Å². The highest BCUT2D eigenvalue weighted by atomic mass is 16.7. The van der Waals surface area contributed by atoms with Gasteiger partial charge in [-0.3, -0.25) is 0 Å². The lowest BCUT2D eigenvalue weighted by atomic mass is 10.2. The van der Waals surface area contributed by atoms with Crippen LogP contribution in [0.4, 0.5) is 0 Å². The van der Waals surface area contributed by atoms with Crippen molar-refractivity contribution in [2.24, 2.45) is 0 Å². The summed E-state index contributed by atoms with van der Waals surface area (Å²) < 4.78 is 0. The van der Waals surface area contributed by atoms with Crippen LogP contribution >= 0.6 is 0 Å². The van der Waals surface area contributed by atoms with Gasteiger partial charge in [-0.05, 0) is 11.8 Å². The first-order valence-corrected chi connectivity index (χ1v) is 4.59. The third kappa shape index (κ3) is 4.60. The molecule has 1 aromatic carbocycles. The van der Waals surface area contributed by atoms with Gasteiger partial charge in [-0.1, -0.05) is 36.9 Å². The first kappa shape index (κ1) is 11.7. The third-order valence-electron chi connectivity index (χ3n) is 1.90. The van der Waals surface area contributed by atoms with E-state index in [1.165, 1.54) is 11.1 Å². The minimum atomic E-state index is -2.69. The summed E-state index contributed by atoms with van der Waals surface area (Å²) in [6.45, 7) is 3.70. The van der Waals surface area contributed by atoms with Crippen LogP contribution in [-0.2, 0) is 6.54 Å². The van der Waals surface area contributed by atoms with E-state index >= 15 is 0 Å². The van der Waals surface area contributed by atoms with Crippen LogP contribution in [0.25, 0.3) is 0 Å². The van der Waals surface area contributed by atoms with Crippen molar-refractivity contribution in [2.75, 3.05) is 6.54 Å². The molecule has 0 fully saturated rings. The summed E-state index contributed by atoms with van der Waals surface area (Å²) in [5.41, 5.74) is 1.00. The van der Waals surface area contributed by atoms with Crippen LogP contribution in [-0.4, -0.2) is 32.7 Å². The molecule has 0 spiro atoms. The van der Waals surface area contributed by atoms with E-state index in [0.29, 0.717) is 6.54 Å². The van der Waals surface area contributed by atoms with Crippen LogP contribution in [0, 0.1) is 0 Å². The van der Waals surface area contributed by atoms with Crippen molar-refractivity contribution in [3.8, 4) is 0 Å². The second-order valence-corrected chi connectivity index (χ2v) is 3.35. The van der Waals surface area contributed by atoms with Crippen LogP contribution < -0.4 is 0 Å². The third-order valence-corrected chi connectivity index (χ3v) is 1.90. The summed E-state index contributed by atoms with van der Waals surface area (Å²) in [6, 6.07) is 9.49. The van der Waals surface area contributed by atoms with Crippen LogP contribution in [0.1, 0.15) is 5.56 Å². The van der Waals surface area contributed by atoms with Crippen molar-refractivity contribution in [3.05, 3.63) is 48.7 Å². The van der Waals surface area contributed by atoms with E-state index in [4.69, 9.17) is 15.3 Å². The van der Waals surface area contributed by atoms with Crippen molar-refractivity contribution in [2.45, 2.75) is 12.5 Å². The molecule has 0 unspecified atom stereocenters. The summed E-state index contributed by atoms with van der Waals surface area (Å²) in [5.74, 6) is -2.69. The SMILES string of the molecule is C=CN(Cc1ccccc1)CC(O)(O)O. The van der Waals surface area contributed by atoms with Crippen LogP contribution in [0.2, 0.25) is 0 Å². The van der Waals surface area contributed by atoms with Crippen LogP contribution in [0.15, 0.2) is 43.1 Å². The molecule has 1 aromatic rings. The standard InChI is InChI=1S/C11H15NO3/c1-2-12(9-11(13,14)15)8-10-6-4-3-5-7-10/h2-7,13-15H,1,8-9H2. The van der Waals surface area contributed by atoms with E-state index in [0.717, 1.165) is 5.56 Å². The van der Waals surface area contributed by atoms with Gasteiger partial charge in [-0.15, -0.1) is 0 Å². The first-order chi connectivity index (χ1) is 7.01. The van der Waals surface area contributed by atoms with E-state index in [-0.39, 0.29) is 6.54 Å². The Morgan fingerprint density at radius 1 is 1.20 bits per heavy atom. The average molecular weight is 209 g/mol. The van der Waals surface area contributed by atoms with Crippen molar-refractivity contribution in [1.29, 1.82) is 0 Å². The quantitative estimate of drug-likeness (QED) is 0.609. The van der Waals surface area contributed by atoms with Crippen molar-refractivity contribution < 1.29 is 15.3 Å². The monoisotopic (exact) mass is 209 g/mol. The number of hydrogen-bond donors (Lipinski definition) is 3. The Labute approximate surface area is 88.7 Å². The Morgan fingerprint density at radius 2 is 1.80 bits per heavy atom. The molecule has 0 heterocycles. The van der Waals surface area contributed by atoms with Gasteiger partial charge in [0.2, 0.25) is 0 Å². The first-order valence-electron chi connectivity index (χ1n) is 4.59. The zero-order chi connectivity index (χ0) is 11.3. The molecule has 0 aliphatic rings. The number of rotatable bonds is 5. The summed E-state index contributed by atoms with van der Waals surface area (Å²) in [6.07, 6.45) is 1.45. The molecule has 0 radical (unpaired) electrons. The summed E-state index contributed by atoms with van der Waals surface area (Å²) in [7, 11) is 0. The lowest BCUT2D eigenvalue weighted by Crippen LogP contribution is -2.40. The molecule has 1 rings (SSSR count). The number of aliphatic hydroxyl groups is 3. The topological polar surface area (TPSA) is 63.9 Å². The molecule has 0 saturated carbocycles. The zero-order valence-electron chi connectivity index (χ0n) is 8.37. The smallest absolute Gasteiger partial charge is 0.293 e. The highest BCUT2D eigenvalue weighted by Crippen LogP contribution is 2.07. The predicted octanol–water partition coefficient (Wildman–Crippen LogP) is 0.263. The Balaban J connectivity index is 2.59. The molecule has 0 saturated heterocycles. The number of hydrogen-bond acceptors (Lipinski definition) is 4. The fourth-order valence-electron chi connectivity index (χ4n) is 1.28. The average Bonchev–Trinajstić information content (AvgIpc) is 2.16. The van der Waals surface area contributed by atoms with Gasteiger partial charge in [0.05, 0.1) is 6.54 Å². The van der Waals surface area contributed by atoms with Gasteiger partial charge in [-0.2, -0.15) is 0 Å². The molecule has 0 atom stereocenters. The Kier molecular flexibility index (Phi) is 3.85. The fraction of sp³-hybridized carbons (Fsp3) is 0.273. The van der Waals surface area contributed by atoms with Gasteiger partial charge in [-0.25, -0.2) is 0 Å². The normalized spacial score (nSPS) is 11.1. The molecule has 0 bridgehead atoms. The zero-order valence-corrected chi connectivity index (χ0v) is 8.37. The van der Waals surface area contributed by atoms with Crippen molar-refractivity contribution in [3.63, 3.8) is 0 Å². The summed E-state index contributed by atoms with van der Waals surface area (Å²) in [4.78, 5) is 1.51. The molecule has 0 aliphatic carbocycles. The highest BCUT2D eigenvalue weighted by molar-refractivity contribution is 5.14. The summed E-state index contributed by atoms with van der Waals surface area (Å²) >= 11 is 0. The molecule has 4 nitrogen and oxygen atoms in total. The number of nitrogens with zero attached hydrogens (tertiary/aromatic N) is 1. The van der Waals surface area contributed by atoms with Gasteiger partial charge < -0.3 is 20.2 Å². The molecule has 4 heteroatoms. The molecule has 0 amide bonds. The molecule has 82 valence electrons. The molecular weight excluding hydrogens is 194 g/mol. The van der Waals surface area contributed by atoms with Gasteiger partial charge in [0.15, 0.2) is 0 Å². The lowest BCUT2D eigenvalue weighted by Gasteiger charge is -2.25. The predicted molar refractivity (Wildman–Crippen MR) is 56.4 cm³/mol. The second kappa shape index (κ2) is 4.93. The van der Waals surface area contributed by atoms with Crippen molar-refractivity contribution in [1.82, 2.24) is 4.90 Å². The van der Waals surface area contributed by atoms with Gasteiger partial charge in [0.25, 0.3) is 5.97 Å². The molecule has 0 aliphatic heterocycles. The van der Waals surface area contributed by atoms with E-state index in [9.17, 15) is 0 Å². The highest BCUT2D eigenvalue weighted by Gasteiger charge is 2.20. The lowest BCUT2D eigenvalue weighted by molar-refractivity contribution is -0.315. The van der Waals surface area contributed by atoms with E-state index in [1.807, 2.05) is 30.3 Å². The fourth-order valence-corrected chi connectivity index (χ4v) is 1.28. The number of benzene rings is 1. The molecule has 3 N–H and O–H groups in total. The van der Waals surface area contributed by atoms with Crippen LogP contribution in [0.3, 0.4) is 0 Å².